The zero-order chi connectivity index (χ0) is 18.0. The first-order valence-electron chi connectivity index (χ1n) is 9.07. The van der Waals surface area contributed by atoms with Crippen molar-refractivity contribution in [2.24, 2.45) is 0 Å². The van der Waals surface area contributed by atoms with E-state index in [1.54, 1.807) is 0 Å². The van der Waals surface area contributed by atoms with Gasteiger partial charge in [-0.3, -0.25) is 0 Å². The van der Waals surface area contributed by atoms with Gasteiger partial charge in [-0.25, -0.2) is 0 Å². The Morgan fingerprint density at radius 1 is 0.556 bits per heavy atom. The molecule has 2 aliphatic rings. The van der Waals surface area contributed by atoms with Crippen LogP contribution in [0.2, 0.25) is 5.02 Å². The average Bonchev–Trinajstić information content (AvgIpc) is 3.00. The Hall–Kier alpha value is -2.48. The summed E-state index contributed by atoms with van der Waals surface area (Å²) in [6.07, 6.45) is 0. The van der Waals surface area contributed by atoms with Crippen molar-refractivity contribution in [2.75, 3.05) is 0 Å². The van der Waals surface area contributed by atoms with Crippen LogP contribution < -0.4 is 0 Å². The van der Waals surface area contributed by atoms with Crippen LogP contribution in [0.5, 0.6) is 0 Å². The molecule has 0 saturated heterocycles. The van der Waals surface area contributed by atoms with Gasteiger partial charge in [0.2, 0.25) is 0 Å². The third-order valence-corrected chi connectivity index (χ3v) is 7.26. The van der Waals surface area contributed by atoms with Gasteiger partial charge in [0.25, 0.3) is 0 Å². The van der Waals surface area contributed by atoms with Crippen LogP contribution in [0.4, 0.5) is 0 Å². The fourth-order valence-corrected chi connectivity index (χ4v) is 6.47. The molecule has 1 aliphatic carbocycles. The molecule has 0 atom stereocenters. The minimum atomic E-state index is -0.358. The molecule has 1 heterocycles. The van der Waals surface area contributed by atoms with Crippen molar-refractivity contribution in [3.05, 3.63) is 118 Å². The maximum atomic E-state index is 6.90. The first kappa shape index (κ1) is 15.6. The van der Waals surface area contributed by atoms with Crippen molar-refractivity contribution < 1.29 is 0 Å². The monoisotopic (exact) mass is 382 g/mol. The van der Waals surface area contributed by atoms with Crippen LogP contribution in [0.25, 0.3) is 11.1 Å². The van der Waals surface area contributed by atoms with Gasteiger partial charge in [0.1, 0.15) is 0 Å². The molecule has 0 amide bonds. The molecule has 0 saturated carbocycles. The van der Waals surface area contributed by atoms with E-state index in [-0.39, 0.29) is 5.41 Å². The predicted octanol–water partition coefficient (Wildman–Crippen LogP) is 7.17. The van der Waals surface area contributed by atoms with E-state index in [9.17, 15) is 0 Å². The van der Waals surface area contributed by atoms with Crippen LogP contribution in [0.15, 0.2) is 101 Å². The molecular formula is C25H15ClS. The molecule has 0 aromatic heterocycles. The molecule has 1 aliphatic heterocycles. The molecule has 2 heteroatoms. The highest BCUT2D eigenvalue weighted by Crippen LogP contribution is 2.63. The van der Waals surface area contributed by atoms with Gasteiger partial charge in [0.15, 0.2) is 0 Å². The molecule has 1 spiro atoms. The Kier molecular flexibility index (Phi) is 3.18. The number of hydrogen-bond donors (Lipinski definition) is 0. The molecule has 0 radical (unpaired) electrons. The van der Waals surface area contributed by atoms with E-state index in [4.69, 9.17) is 11.6 Å². The Morgan fingerprint density at radius 2 is 1.11 bits per heavy atom. The summed E-state index contributed by atoms with van der Waals surface area (Å²) in [7, 11) is 0. The number of fused-ring (bicyclic) bond motifs is 9. The number of hydrogen-bond acceptors (Lipinski definition) is 1. The Balaban J connectivity index is 1.88. The fraction of sp³-hybridized carbons (Fsp3) is 0.0400. The van der Waals surface area contributed by atoms with Crippen LogP contribution >= 0.6 is 23.4 Å². The first-order chi connectivity index (χ1) is 13.3. The van der Waals surface area contributed by atoms with Crippen LogP contribution in [0.3, 0.4) is 0 Å². The minimum absolute atomic E-state index is 0.358. The lowest BCUT2D eigenvalue weighted by Gasteiger charge is -2.40. The predicted molar refractivity (Wildman–Crippen MR) is 113 cm³/mol. The highest BCUT2D eigenvalue weighted by atomic mass is 35.5. The lowest BCUT2D eigenvalue weighted by molar-refractivity contribution is 0.722. The van der Waals surface area contributed by atoms with Crippen LogP contribution in [0.1, 0.15) is 22.3 Å². The van der Waals surface area contributed by atoms with E-state index in [2.05, 4.69) is 84.9 Å². The summed E-state index contributed by atoms with van der Waals surface area (Å²) in [5, 5.41) is 0.834. The first-order valence-corrected chi connectivity index (χ1v) is 10.3. The van der Waals surface area contributed by atoms with Crippen molar-refractivity contribution in [2.45, 2.75) is 15.2 Å². The molecule has 0 fully saturated rings. The van der Waals surface area contributed by atoms with Crippen LogP contribution in [-0.2, 0) is 5.41 Å². The smallest absolute Gasteiger partial charge is 0.0750 e. The van der Waals surface area contributed by atoms with Crippen molar-refractivity contribution >= 4 is 23.4 Å². The molecule has 0 nitrogen and oxygen atoms in total. The van der Waals surface area contributed by atoms with Gasteiger partial charge in [-0.2, -0.15) is 0 Å². The van der Waals surface area contributed by atoms with Gasteiger partial charge in [-0.1, -0.05) is 96.2 Å². The zero-order valence-electron chi connectivity index (χ0n) is 14.4. The minimum Gasteiger partial charge on any atom is -0.0894 e. The third kappa shape index (κ3) is 1.86. The second-order valence-electron chi connectivity index (χ2n) is 7.05. The molecular weight excluding hydrogens is 368 g/mol. The molecule has 4 aromatic carbocycles. The van der Waals surface area contributed by atoms with E-state index < -0.39 is 0 Å². The van der Waals surface area contributed by atoms with Gasteiger partial charge in [0.05, 0.1) is 5.41 Å². The average molecular weight is 383 g/mol. The number of benzene rings is 4. The highest BCUT2D eigenvalue weighted by Gasteiger charge is 2.50. The summed E-state index contributed by atoms with van der Waals surface area (Å²) in [6, 6.07) is 32.6. The Morgan fingerprint density at radius 3 is 1.81 bits per heavy atom. The third-order valence-electron chi connectivity index (χ3n) is 5.81. The number of rotatable bonds is 0. The Bertz CT molecular complexity index is 1180. The molecule has 6 rings (SSSR count). The largest absolute Gasteiger partial charge is 0.0894 e. The lowest BCUT2D eigenvalue weighted by Crippen LogP contribution is -2.32. The lowest BCUT2D eigenvalue weighted by atomic mass is 9.67. The molecule has 27 heavy (non-hydrogen) atoms. The summed E-state index contributed by atoms with van der Waals surface area (Å²) >= 11 is 8.72. The van der Waals surface area contributed by atoms with Crippen molar-refractivity contribution in [3.8, 4) is 11.1 Å². The zero-order valence-corrected chi connectivity index (χ0v) is 16.0. The van der Waals surface area contributed by atoms with Crippen molar-refractivity contribution in [1.82, 2.24) is 0 Å². The summed E-state index contributed by atoms with van der Waals surface area (Å²) in [5.74, 6) is 0. The highest BCUT2D eigenvalue weighted by molar-refractivity contribution is 7.99. The summed E-state index contributed by atoms with van der Waals surface area (Å²) in [6.45, 7) is 0. The summed E-state index contributed by atoms with van der Waals surface area (Å²) in [5.41, 5.74) is 7.45. The molecule has 4 aromatic rings. The standard InChI is InChI=1S/C25H15ClS/c26-21-13-7-15-23-24(21)25(20-12-5-6-14-22(20)27-23)18-10-3-1-8-16(18)17-9-2-4-11-19(17)25/h1-15H. The SMILES string of the molecule is Clc1cccc2c1C1(c3ccccc3S2)c2ccccc2-c2ccccc21. The molecule has 0 bridgehead atoms. The van der Waals surface area contributed by atoms with Gasteiger partial charge in [0, 0.05) is 20.4 Å². The topological polar surface area (TPSA) is 0 Å². The van der Waals surface area contributed by atoms with E-state index in [0.717, 1.165) is 5.02 Å². The number of halogens is 1. The maximum absolute atomic E-state index is 6.90. The van der Waals surface area contributed by atoms with Crippen LogP contribution in [-0.4, -0.2) is 0 Å². The molecule has 0 unspecified atom stereocenters. The van der Waals surface area contributed by atoms with E-state index in [1.165, 1.54) is 43.2 Å². The summed E-state index contributed by atoms with van der Waals surface area (Å²) < 4.78 is 0. The molecule has 0 N–H and O–H groups in total. The van der Waals surface area contributed by atoms with E-state index >= 15 is 0 Å². The second-order valence-corrected chi connectivity index (χ2v) is 8.54. The second kappa shape index (κ2) is 5.51. The van der Waals surface area contributed by atoms with Gasteiger partial charge < -0.3 is 0 Å². The maximum Gasteiger partial charge on any atom is 0.0750 e. The normalized spacial score (nSPS) is 15.0. The quantitative estimate of drug-likeness (QED) is 0.268. The van der Waals surface area contributed by atoms with Gasteiger partial charge >= 0.3 is 0 Å². The van der Waals surface area contributed by atoms with Crippen molar-refractivity contribution in [3.63, 3.8) is 0 Å². The van der Waals surface area contributed by atoms with E-state index in [1.807, 2.05) is 17.8 Å². The molecule has 128 valence electrons. The van der Waals surface area contributed by atoms with E-state index in [0.29, 0.717) is 0 Å². The fourth-order valence-electron chi connectivity index (χ4n) is 4.87. The Labute approximate surface area is 167 Å². The van der Waals surface area contributed by atoms with Crippen molar-refractivity contribution in [1.29, 1.82) is 0 Å². The van der Waals surface area contributed by atoms with Crippen LogP contribution in [0, 0.1) is 0 Å². The van der Waals surface area contributed by atoms with Gasteiger partial charge in [-0.05, 0) is 46.0 Å². The summed E-state index contributed by atoms with van der Waals surface area (Å²) in [4.78, 5) is 2.55. The van der Waals surface area contributed by atoms with Gasteiger partial charge in [-0.15, -0.1) is 0 Å².